The molecule has 1 aliphatic rings. The number of anilines is 2. The summed E-state index contributed by atoms with van der Waals surface area (Å²) in [5.74, 6) is 1.52. The topological polar surface area (TPSA) is 70.6 Å². The van der Waals surface area contributed by atoms with Crippen molar-refractivity contribution in [1.82, 2.24) is 14.9 Å². The molecule has 7 nitrogen and oxygen atoms in total. The fraction of sp³-hybridized carbons (Fsp3) is 0.476. The van der Waals surface area contributed by atoms with E-state index in [-0.39, 0.29) is 6.09 Å². The van der Waals surface area contributed by atoms with Crippen molar-refractivity contribution in [1.29, 1.82) is 0 Å². The van der Waals surface area contributed by atoms with Crippen molar-refractivity contribution in [3.63, 3.8) is 0 Å². The number of hydrogen-bond acceptors (Lipinski definition) is 6. The molecule has 7 heteroatoms. The van der Waals surface area contributed by atoms with Crippen molar-refractivity contribution in [2.45, 2.75) is 33.2 Å². The number of hydrogen-bond donors (Lipinski definition) is 1. The van der Waals surface area contributed by atoms with Gasteiger partial charge in [0.15, 0.2) is 0 Å². The van der Waals surface area contributed by atoms with Crippen LogP contribution in [0.15, 0.2) is 36.4 Å². The quantitative estimate of drug-likeness (QED) is 0.821. The first kappa shape index (κ1) is 19.9. The van der Waals surface area contributed by atoms with Crippen LogP contribution in [0.1, 0.15) is 27.2 Å². The van der Waals surface area contributed by atoms with Crippen molar-refractivity contribution >= 4 is 17.9 Å². The minimum atomic E-state index is -0.250. The molecule has 1 N–H and O–H groups in total. The largest absolute Gasteiger partial charge is 0.450 e. The van der Waals surface area contributed by atoms with Gasteiger partial charge in [-0.15, -0.1) is 0 Å². The third-order valence-electron chi connectivity index (χ3n) is 4.88. The van der Waals surface area contributed by atoms with Gasteiger partial charge in [0.1, 0.15) is 5.82 Å². The minimum Gasteiger partial charge on any atom is -0.450 e. The summed E-state index contributed by atoms with van der Waals surface area (Å²) in [5.41, 5.74) is 1.95. The third-order valence-corrected chi connectivity index (χ3v) is 4.88. The molecule has 3 rings (SSSR count). The lowest BCUT2D eigenvalue weighted by Gasteiger charge is -2.34. The number of piperazine rings is 1. The van der Waals surface area contributed by atoms with Gasteiger partial charge in [0.25, 0.3) is 0 Å². The predicted molar refractivity (Wildman–Crippen MR) is 112 cm³/mol. The maximum atomic E-state index is 11.9. The van der Waals surface area contributed by atoms with Gasteiger partial charge in [-0.1, -0.05) is 37.3 Å². The standard InChI is InChI=1S/C21H29N5O2/c1-4-16(3)22-19-15-18(17-9-7-6-8-10-17)23-20(24-19)25-11-13-26(14-12-25)21(27)28-5-2/h6-10,15-16H,4-5,11-14H2,1-3H3,(H,22,23,24). The Morgan fingerprint density at radius 1 is 1.14 bits per heavy atom. The van der Waals surface area contributed by atoms with Gasteiger partial charge in [-0.25, -0.2) is 9.78 Å². The number of nitrogens with zero attached hydrogens (tertiary/aromatic N) is 4. The molecule has 0 aliphatic carbocycles. The molecule has 1 fully saturated rings. The van der Waals surface area contributed by atoms with E-state index in [0.29, 0.717) is 44.8 Å². The predicted octanol–water partition coefficient (Wildman–Crippen LogP) is 3.63. The number of ether oxygens (including phenoxy) is 1. The molecular weight excluding hydrogens is 354 g/mol. The van der Waals surface area contributed by atoms with Crippen LogP contribution in [0.25, 0.3) is 11.3 Å². The van der Waals surface area contributed by atoms with E-state index in [2.05, 4.69) is 36.2 Å². The van der Waals surface area contributed by atoms with Crippen molar-refractivity contribution in [2.24, 2.45) is 0 Å². The number of nitrogens with one attached hydrogen (secondary N) is 1. The normalized spacial score (nSPS) is 15.2. The Kier molecular flexibility index (Phi) is 6.68. The third kappa shape index (κ3) is 4.91. The number of aromatic nitrogens is 2. The van der Waals surface area contributed by atoms with Gasteiger partial charge in [0.2, 0.25) is 5.95 Å². The number of amides is 1. The van der Waals surface area contributed by atoms with E-state index in [1.165, 1.54) is 0 Å². The average Bonchev–Trinajstić information content (AvgIpc) is 2.74. The number of carbonyl (C=O) groups excluding carboxylic acids is 1. The Morgan fingerprint density at radius 3 is 2.50 bits per heavy atom. The summed E-state index contributed by atoms with van der Waals surface area (Å²) in [6, 6.07) is 12.5. The molecule has 0 bridgehead atoms. The zero-order valence-electron chi connectivity index (χ0n) is 16.9. The maximum Gasteiger partial charge on any atom is 0.409 e. The fourth-order valence-electron chi connectivity index (χ4n) is 3.06. The smallest absolute Gasteiger partial charge is 0.409 e. The van der Waals surface area contributed by atoms with E-state index < -0.39 is 0 Å². The highest BCUT2D eigenvalue weighted by Crippen LogP contribution is 2.24. The van der Waals surface area contributed by atoms with Gasteiger partial charge in [0, 0.05) is 43.9 Å². The second kappa shape index (κ2) is 9.39. The van der Waals surface area contributed by atoms with Gasteiger partial charge >= 0.3 is 6.09 Å². The Labute approximate surface area is 166 Å². The Balaban J connectivity index is 1.82. The first-order chi connectivity index (χ1) is 13.6. The summed E-state index contributed by atoms with van der Waals surface area (Å²) in [5, 5.41) is 3.46. The average molecular weight is 383 g/mol. The summed E-state index contributed by atoms with van der Waals surface area (Å²) >= 11 is 0. The van der Waals surface area contributed by atoms with E-state index in [4.69, 9.17) is 14.7 Å². The summed E-state index contributed by atoms with van der Waals surface area (Å²) in [7, 11) is 0. The summed E-state index contributed by atoms with van der Waals surface area (Å²) in [6.07, 6.45) is 0.762. The van der Waals surface area contributed by atoms with E-state index in [1.54, 1.807) is 4.90 Å². The van der Waals surface area contributed by atoms with Crippen molar-refractivity contribution in [3.8, 4) is 11.3 Å². The molecule has 150 valence electrons. The molecule has 1 aromatic carbocycles. The SMILES string of the molecule is CCOC(=O)N1CCN(c2nc(NC(C)CC)cc(-c3ccccc3)n2)CC1. The van der Waals surface area contributed by atoms with Gasteiger partial charge < -0.3 is 19.9 Å². The molecule has 1 unspecified atom stereocenters. The zero-order chi connectivity index (χ0) is 19.9. The lowest BCUT2D eigenvalue weighted by atomic mass is 10.1. The number of benzene rings is 1. The molecule has 1 atom stereocenters. The minimum absolute atomic E-state index is 0.250. The van der Waals surface area contributed by atoms with Crippen LogP contribution in [0.3, 0.4) is 0 Å². The van der Waals surface area contributed by atoms with Crippen LogP contribution >= 0.6 is 0 Å². The first-order valence-electron chi connectivity index (χ1n) is 9.98. The Hall–Kier alpha value is -2.83. The molecule has 1 aromatic heterocycles. The molecule has 1 saturated heterocycles. The molecule has 0 saturated carbocycles. The van der Waals surface area contributed by atoms with Gasteiger partial charge in [0.05, 0.1) is 12.3 Å². The van der Waals surface area contributed by atoms with Gasteiger partial charge in [-0.2, -0.15) is 4.98 Å². The van der Waals surface area contributed by atoms with Crippen LogP contribution in [0.2, 0.25) is 0 Å². The second-order valence-corrected chi connectivity index (χ2v) is 6.93. The Morgan fingerprint density at radius 2 is 1.86 bits per heavy atom. The summed E-state index contributed by atoms with van der Waals surface area (Å²) in [4.78, 5) is 25.3. The first-order valence-corrected chi connectivity index (χ1v) is 9.98. The van der Waals surface area contributed by atoms with Crippen LogP contribution in [-0.4, -0.2) is 59.8 Å². The lowest BCUT2D eigenvalue weighted by molar-refractivity contribution is 0.105. The highest BCUT2D eigenvalue weighted by molar-refractivity contribution is 5.68. The van der Waals surface area contributed by atoms with Crippen molar-refractivity contribution < 1.29 is 9.53 Å². The van der Waals surface area contributed by atoms with E-state index in [0.717, 1.165) is 23.5 Å². The molecule has 2 aromatic rings. The monoisotopic (exact) mass is 383 g/mol. The molecule has 0 spiro atoms. The molecular formula is C21H29N5O2. The Bertz CT molecular complexity index is 776. The van der Waals surface area contributed by atoms with E-state index in [9.17, 15) is 4.79 Å². The van der Waals surface area contributed by atoms with Gasteiger partial charge in [-0.3, -0.25) is 0 Å². The summed E-state index contributed by atoms with van der Waals surface area (Å²) < 4.78 is 5.10. The maximum absolute atomic E-state index is 11.9. The van der Waals surface area contributed by atoms with Crippen LogP contribution in [0.4, 0.5) is 16.6 Å². The van der Waals surface area contributed by atoms with E-state index in [1.807, 2.05) is 31.2 Å². The second-order valence-electron chi connectivity index (χ2n) is 6.93. The number of rotatable bonds is 6. The lowest BCUT2D eigenvalue weighted by Crippen LogP contribution is -2.49. The van der Waals surface area contributed by atoms with Crippen molar-refractivity contribution in [2.75, 3.05) is 43.0 Å². The molecule has 1 amide bonds. The van der Waals surface area contributed by atoms with Crippen molar-refractivity contribution in [3.05, 3.63) is 36.4 Å². The van der Waals surface area contributed by atoms with Crippen LogP contribution < -0.4 is 10.2 Å². The van der Waals surface area contributed by atoms with Crippen LogP contribution in [-0.2, 0) is 4.74 Å². The molecule has 0 radical (unpaired) electrons. The summed E-state index contributed by atoms with van der Waals surface area (Å²) in [6.45, 7) is 9.07. The van der Waals surface area contributed by atoms with Crippen LogP contribution in [0.5, 0.6) is 0 Å². The highest BCUT2D eigenvalue weighted by atomic mass is 16.6. The van der Waals surface area contributed by atoms with Gasteiger partial charge in [-0.05, 0) is 20.3 Å². The van der Waals surface area contributed by atoms with E-state index >= 15 is 0 Å². The zero-order valence-corrected chi connectivity index (χ0v) is 16.9. The molecule has 28 heavy (non-hydrogen) atoms. The number of carbonyl (C=O) groups is 1. The molecule has 1 aliphatic heterocycles. The molecule has 2 heterocycles. The van der Waals surface area contributed by atoms with Crippen LogP contribution in [0, 0.1) is 0 Å². The fourth-order valence-corrected chi connectivity index (χ4v) is 3.06. The highest BCUT2D eigenvalue weighted by Gasteiger charge is 2.24.